The first-order chi connectivity index (χ1) is 9.52. The molecule has 0 amide bonds. The molecule has 1 saturated heterocycles. The Morgan fingerprint density at radius 2 is 2.10 bits per heavy atom. The van der Waals surface area contributed by atoms with Crippen LogP contribution >= 0.6 is 15.9 Å². The largest absolute Gasteiger partial charge is 0.369 e. The number of benzene rings is 1. The molecule has 112 valence electrons. The van der Waals surface area contributed by atoms with Crippen molar-refractivity contribution >= 4 is 21.6 Å². The zero-order valence-electron chi connectivity index (χ0n) is 13.1. The Morgan fingerprint density at radius 3 is 2.75 bits per heavy atom. The molecule has 20 heavy (non-hydrogen) atoms. The van der Waals surface area contributed by atoms with Gasteiger partial charge in [-0.3, -0.25) is 0 Å². The summed E-state index contributed by atoms with van der Waals surface area (Å²) >= 11 is 3.75. The SMILES string of the molecule is CCNC(C)c1ccc(N2CC(C)CCC2C)cc1Br. The van der Waals surface area contributed by atoms with Gasteiger partial charge in [0, 0.05) is 28.8 Å². The lowest BCUT2D eigenvalue weighted by Gasteiger charge is -2.39. The van der Waals surface area contributed by atoms with Crippen LogP contribution in [0, 0.1) is 5.92 Å². The Bertz CT molecular complexity index is 447. The van der Waals surface area contributed by atoms with E-state index in [9.17, 15) is 0 Å². The van der Waals surface area contributed by atoms with Gasteiger partial charge in [-0.25, -0.2) is 0 Å². The zero-order chi connectivity index (χ0) is 14.7. The molecule has 1 aromatic rings. The summed E-state index contributed by atoms with van der Waals surface area (Å²) in [4.78, 5) is 2.56. The van der Waals surface area contributed by atoms with Gasteiger partial charge in [-0.1, -0.05) is 35.8 Å². The average Bonchev–Trinajstić information content (AvgIpc) is 2.41. The highest BCUT2D eigenvalue weighted by molar-refractivity contribution is 9.10. The number of hydrogen-bond donors (Lipinski definition) is 1. The first kappa shape index (κ1) is 15.8. The molecule has 0 spiro atoms. The molecule has 0 saturated carbocycles. The van der Waals surface area contributed by atoms with Crippen LogP contribution in [0.1, 0.15) is 52.1 Å². The van der Waals surface area contributed by atoms with Crippen molar-refractivity contribution in [3.8, 4) is 0 Å². The monoisotopic (exact) mass is 338 g/mol. The van der Waals surface area contributed by atoms with Gasteiger partial charge in [0.1, 0.15) is 0 Å². The summed E-state index contributed by atoms with van der Waals surface area (Å²) in [6.07, 6.45) is 2.66. The lowest BCUT2D eigenvalue weighted by atomic mass is 9.94. The molecule has 1 aromatic carbocycles. The van der Waals surface area contributed by atoms with Crippen molar-refractivity contribution in [3.63, 3.8) is 0 Å². The standard InChI is InChI=1S/C17H27BrN2/c1-5-19-14(4)16-9-8-15(10-17(16)18)20-11-12(2)6-7-13(20)3/h8-10,12-14,19H,5-7,11H2,1-4H3. The van der Waals surface area contributed by atoms with E-state index >= 15 is 0 Å². The quantitative estimate of drug-likeness (QED) is 0.852. The van der Waals surface area contributed by atoms with Crippen LogP contribution in [0.25, 0.3) is 0 Å². The summed E-state index contributed by atoms with van der Waals surface area (Å²) in [5.41, 5.74) is 2.69. The molecule has 3 heteroatoms. The van der Waals surface area contributed by atoms with Gasteiger partial charge in [0.05, 0.1) is 0 Å². The lowest BCUT2D eigenvalue weighted by Crippen LogP contribution is -2.41. The van der Waals surface area contributed by atoms with Crippen molar-refractivity contribution < 1.29 is 0 Å². The molecular formula is C17H27BrN2. The van der Waals surface area contributed by atoms with E-state index in [4.69, 9.17) is 0 Å². The highest BCUT2D eigenvalue weighted by Gasteiger charge is 2.23. The second kappa shape index (κ2) is 6.95. The van der Waals surface area contributed by atoms with Gasteiger partial charge >= 0.3 is 0 Å². The molecule has 2 rings (SSSR count). The van der Waals surface area contributed by atoms with E-state index in [2.05, 4.69) is 72.0 Å². The van der Waals surface area contributed by atoms with Crippen LogP contribution in [-0.2, 0) is 0 Å². The molecule has 1 heterocycles. The molecule has 0 bridgehead atoms. The Labute approximate surface area is 132 Å². The van der Waals surface area contributed by atoms with Gasteiger partial charge in [-0.15, -0.1) is 0 Å². The van der Waals surface area contributed by atoms with Gasteiger partial charge in [0.15, 0.2) is 0 Å². The Hall–Kier alpha value is -0.540. The number of nitrogens with one attached hydrogen (secondary N) is 1. The Balaban J connectivity index is 2.19. The summed E-state index contributed by atoms with van der Waals surface area (Å²) in [5.74, 6) is 0.797. The van der Waals surface area contributed by atoms with E-state index in [-0.39, 0.29) is 0 Å². The summed E-state index contributed by atoms with van der Waals surface area (Å²) in [5, 5.41) is 3.47. The van der Waals surface area contributed by atoms with E-state index in [0.717, 1.165) is 12.5 Å². The second-order valence-corrected chi connectivity index (χ2v) is 7.02. The third-order valence-corrected chi connectivity index (χ3v) is 5.10. The van der Waals surface area contributed by atoms with Crippen LogP contribution < -0.4 is 10.2 Å². The molecule has 0 aromatic heterocycles. The zero-order valence-corrected chi connectivity index (χ0v) is 14.7. The Kier molecular flexibility index (Phi) is 5.50. The molecule has 1 aliphatic heterocycles. The number of hydrogen-bond acceptors (Lipinski definition) is 2. The van der Waals surface area contributed by atoms with Crippen molar-refractivity contribution in [2.75, 3.05) is 18.0 Å². The van der Waals surface area contributed by atoms with Crippen LogP contribution in [-0.4, -0.2) is 19.1 Å². The van der Waals surface area contributed by atoms with Gasteiger partial charge in [0.2, 0.25) is 0 Å². The summed E-state index contributed by atoms with van der Waals surface area (Å²) in [7, 11) is 0. The van der Waals surface area contributed by atoms with Gasteiger partial charge < -0.3 is 10.2 Å². The minimum Gasteiger partial charge on any atom is -0.369 e. The van der Waals surface area contributed by atoms with Crippen molar-refractivity contribution in [1.82, 2.24) is 5.32 Å². The van der Waals surface area contributed by atoms with E-state index in [1.807, 2.05) is 0 Å². The third kappa shape index (κ3) is 3.56. The predicted octanol–water partition coefficient (Wildman–Crippen LogP) is 4.74. The van der Waals surface area contributed by atoms with Crippen molar-refractivity contribution in [2.24, 2.45) is 5.92 Å². The van der Waals surface area contributed by atoms with Crippen LogP contribution in [0.2, 0.25) is 0 Å². The predicted molar refractivity (Wildman–Crippen MR) is 91.4 cm³/mol. The molecular weight excluding hydrogens is 312 g/mol. The van der Waals surface area contributed by atoms with Crippen LogP contribution in [0.3, 0.4) is 0 Å². The van der Waals surface area contributed by atoms with Gasteiger partial charge in [-0.05, 0) is 56.8 Å². The van der Waals surface area contributed by atoms with Crippen LogP contribution in [0.4, 0.5) is 5.69 Å². The van der Waals surface area contributed by atoms with Gasteiger partial charge in [0.25, 0.3) is 0 Å². The maximum atomic E-state index is 3.75. The Morgan fingerprint density at radius 1 is 1.35 bits per heavy atom. The second-order valence-electron chi connectivity index (χ2n) is 6.17. The molecule has 1 N–H and O–H groups in total. The molecule has 2 nitrogen and oxygen atoms in total. The smallest absolute Gasteiger partial charge is 0.0380 e. The molecule has 0 aliphatic carbocycles. The normalized spacial score (nSPS) is 24.8. The summed E-state index contributed by atoms with van der Waals surface area (Å²) in [6.45, 7) is 11.2. The van der Waals surface area contributed by atoms with Crippen LogP contribution in [0.5, 0.6) is 0 Å². The molecule has 0 radical (unpaired) electrons. The van der Waals surface area contributed by atoms with Crippen LogP contribution in [0.15, 0.2) is 22.7 Å². The van der Waals surface area contributed by atoms with E-state index in [0.29, 0.717) is 12.1 Å². The van der Waals surface area contributed by atoms with E-state index in [1.165, 1.54) is 35.1 Å². The van der Waals surface area contributed by atoms with E-state index < -0.39 is 0 Å². The van der Waals surface area contributed by atoms with Crippen molar-refractivity contribution in [3.05, 3.63) is 28.2 Å². The van der Waals surface area contributed by atoms with E-state index in [1.54, 1.807) is 0 Å². The highest BCUT2D eigenvalue weighted by Crippen LogP contribution is 2.32. The number of nitrogens with zero attached hydrogens (tertiary/aromatic N) is 1. The topological polar surface area (TPSA) is 15.3 Å². The average molecular weight is 339 g/mol. The van der Waals surface area contributed by atoms with Crippen molar-refractivity contribution in [1.29, 1.82) is 0 Å². The molecule has 1 fully saturated rings. The fourth-order valence-electron chi connectivity index (χ4n) is 3.11. The minimum atomic E-state index is 0.390. The first-order valence-electron chi connectivity index (χ1n) is 7.82. The summed E-state index contributed by atoms with van der Waals surface area (Å²) in [6, 6.07) is 7.87. The number of piperidine rings is 1. The maximum absolute atomic E-state index is 3.75. The molecule has 1 aliphatic rings. The van der Waals surface area contributed by atoms with Gasteiger partial charge in [-0.2, -0.15) is 0 Å². The number of halogens is 1. The summed E-state index contributed by atoms with van der Waals surface area (Å²) < 4.78 is 1.22. The number of rotatable bonds is 4. The highest BCUT2D eigenvalue weighted by atomic mass is 79.9. The fourth-order valence-corrected chi connectivity index (χ4v) is 3.82. The maximum Gasteiger partial charge on any atom is 0.0380 e. The third-order valence-electron chi connectivity index (χ3n) is 4.41. The fraction of sp³-hybridized carbons (Fsp3) is 0.647. The molecule has 3 unspecified atom stereocenters. The first-order valence-corrected chi connectivity index (χ1v) is 8.61. The molecule has 3 atom stereocenters. The number of anilines is 1. The minimum absolute atomic E-state index is 0.390. The lowest BCUT2D eigenvalue weighted by molar-refractivity contribution is 0.390. The van der Waals surface area contributed by atoms with Crippen molar-refractivity contribution in [2.45, 2.75) is 52.6 Å².